The van der Waals surface area contributed by atoms with Crippen molar-refractivity contribution in [3.63, 3.8) is 0 Å². The molecule has 0 N–H and O–H groups in total. The van der Waals surface area contributed by atoms with Crippen LogP contribution in [0.1, 0.15) is 38.5 Å². The molecule has 1 rings (SSSR count). The molecule has 0 atom stereocenters. The van der Waals surface area contributed by atoms with Gasteiger partial charge in [-0.25, -0.2) is 0 Å². The van der Waals surface area contributed by atoms with Crippen LogP contribution in [0.4, 0.5) is 0 Å². The minimum Gasteiger partial charge on any atom is -0.298 e. The third-order valence-corrected chi connectivity index (χ3v) is 2.34. The standard InChI is InChI=1S/C13H18O/c14-12-13-10-8-6-4-2-1-3-5-7-9-11-13/h2,4-5,7,11-12H,1,3,6,8-10H2/b4-2-,7-5-,13-11+. The van der Waals surface area contributed by atoms with Crippen LogP contribution in [0, 0.1) is 0 Å². The molecule has 0 aromatic heterocycles. The van der Waals surface area contributed by atoms with Gasteiger partial charge in [0.2, 0.25) is 0 Å². The molecule has 14 heavy (non-hydrogen) atoms. The van der Waals surface area contributed by atoms with E-state index >= 15 is 0 Å². The Morgan fingerprint density at radius 2 is 1.71 bits per heavy atom. The van der Waals surface area contributed by atoms with Gasteiger partial charge < -0.3 is 0 Å². The number of hydrogen-bond donors (Lipinski definition) is 0. The molecule has 0 aliphatic heterocycles. The lowest BCUT2D eigenvalue weighted by molar-refractivity contribution is -0.105. The predicted octanol–water partition coefficient (Wildman–Crippen LogP) is 3.58. The zero-order valence-electron chi connectivity index (χ0n) is 8.61. The number of allylic oxidation sites excluding steroid dienone is 6. The second-order valence-electron chi connectivity index (χ2n) is 3.54. The average molecular weight is 190 g/mol. The van der Waals surface area contributed by atoms with Gasteiger partial charge in [-0.15, -0.1) is 0 Å². The van der Waals surface area contributed by atoms with Crippen molar-refractivity contribution in [3.05, 3.63) is 36.0 Å². The smallest absolute Gasteiger partial charge is 0.145 e. The molecule has 1 aliphatic rings. The number of carbonyl (C=O) groups is 1. The summed E-state index contributed by atoms with van der Waals surface area (Å²) in [4.78, 5) is 10.7. The van der Waals surface area contributed by atoms with Gasteiger partial charge in [-0.3, -0.25) is 4.79 Å². The molecule has 1 aliphatic carbocycles. The van der Waals surface area contributed by atoms with Crippen LogP contribution in [-0.4, -0.2) is 6.29 Å². The Hall–Kier alpha value is -1.11. The summed E-state index contributed by atoms with van der Waals surface area (Å²) in [5.41, 5.74) is 0.948. The first kappa shape index (κ1) is 11.0. The van der Waals surface area contributed by atoms with Crippen LogP contribution < -0.4 is 0 Å². The van der Waals surface area contributed by atoms with Crippen LogP contribution in [0.15, 0.2) is 36.0 Å². The Labute approximate surface area is 86.2 Å². The summed E-state index contributed by atoms with van der Waals surface area (Å²) in [6.45, 7) is 0. The Kier molecular flexibility index (Phi) is 5.73. The van der Waals surface area contributed by atoms with E-state index < -0.39 is 0 Å². The topological polar surface area (TPSA) is 17.1 Å². The summed E-state index contributed by atoms with van der Waals surface area (Å²) in [5.74, 6) is 0. The molecule has 0 aromatic rings. The fourth-order valence-electron chi connectivity index (χ4n) is 1.49. The van der Waals surface area contributed by atoms with Gasteiger partial charge in [0.1, 0.15) is 6.29 Å². The van der Waals surface area contributed by atoms with Crippen molar-refractivity contribution in [3.8, 4) is 0 Å². The summed E-state index contributed by atoms with van der Waals surface area (Å²) in [6, 6.07) is 0. The number of rotatable bonds is 1. The van der Waals surface area contributed by atoms with Crippen molar-refractivity contribution in [1.29, 1.82) is 0 Å². The van der Waals surface area contributed by atoms with Crippen molar-refractivity contribution in [2.45, 2.75) is 38.5 Å². The quantitative estimate of drug-likeness (QED) is 0.456. The van der Waals surface area contributed by atoms with E-state index in [1.54, 1.807) is 0 Å². The highest BCUT2D eigenvalue weighted by Crippen LogP contribution is 2.09. The van der Waals surface area contributed by atoms with Crippen LogP contribution in [0.3, 0.4) is 0 Å². The van der Waals surface area contributed by atoms with E-state index in [-0.39, 0.29) is 0 Å². The molecule has 0 bridgehead atoms. The third-order valence-electron chi connectivity index (χ3n) is 2.34. The average Bonchev–Trinajstić information content (AvgIpc) is 2.19. The maximum Gasteiger partial charge on any atom is 0.145 e. The first-order valence-electron chi connectivity index (χ1n) is 5.37. The number of aldehydes is 1. The molecule has 0 fully saturated rings. The fraction of sp³-hybridized carbons (Fsp3) is 0.462. The van der Waals surface area contributed by atoms with Crippen molar-refractivity contribution in [2.75, 3.05) is 0 Å². The molecule has 1 heteroatoms. The van der Waals surface area contributed by atoms with E-state index in [9.17, 15) is 4.79 Å². The highest BCUT2D eigenvalue weighted by molar-refractivity contribution is 5.72. The maximum absolute atomic E-state index is 10.7. The van der Waals surface area contributed by atoms with E-state index in [0.29, 0.717) is 0 Å². The van der Waals surface area contributed by atoms with Gasteiger partial charge in [0, 0.05) is 0 Å². The van der Waals surface area contributed by atoms with Gasteiger partial charge >= 0.3 is 0 Å². The molecule has 0 heterocycles. The minimum atomic E-state index is 0.901. The van der Waals surface area contributed by atoms with Crippen LogP contribution in [-0.2, 0) is 4.79 Å². The zero-order valence-corrected chi connectivity index (χ0v) is 8.61. The molecular weight excluding hydrogens is 172 g/mol. The molecule has 1 nitrogen and oxygen atoms in total. The Morgan fingerprint density at radius 1 is 1.00 bits per heavy atom. The van der Waals surface area contributed by atoms with Crippen LogP contribution in [0.5, 0.6) is 0 Å². The van der Waals surface area contributed by atoms with Crippen molar-refractivity contribution in [1.82, 2.24) is 0 Å². The third kappa shape index (κ3) is 4.80. The van der Waals surface area contributed by atoms with Crippen molar-refractivity contribution in [2.24, 2.45) is 0 Å². The van der Waals surface area contributed by atoms with E-state index in [4.69, 9.17) is 0 Å². The minimum absolute atomic E-state index is 0.901. The molecule has 0 saturated heterocycles. The monoisotopic (exact) mass is 190 g/mol. The lowest BCUT2D eigenvalue weighted by Crippen LogP contribution is -1.85. The van der Waals surface area contributed by atoms with Crippen LogP contribution in [0.25, 0.3) is 0 Å². The molecule has 0 unspecified atom stereocenters. The van der Waals surface area contributed by atoms with Gasteiger partial charge in [-0.1, -0.05) is 30.4 Å². The second-order valence-corrected chi connectivity index (χ2v) is 3.54. The Balaban J connectivity index is 2.51. The highest BCUT2D eigenvalue weighted by Gasteiger charge is 1.94. The van der Waals surface area contributed by atoms with Gasteiger partial charge in [0.25, 0.3) is 0 Å². The Bertz CT molecular complexity index is 246. The predicted molar refractivity (Wildman–Crippen MR) is 60.1 cm³/mol. The summed E-state index contributed by atoms with van der Waals surface area (Å²) in [7, 11) is 0. The molecule has 0 amide bonds. The Morgan fingerprint density at radius 3 is 2.50 bits per heavy atom. The first-order valence-corrected chi connectivity index (χ1v) is 5.37. The van der Waals surface area contributed by atoms with E-state index in [2.05, 4.69) is 24.3 Å². The van der Waals surface area contributed by atoms with Crippen LogP contribution >= 0.6 is 0 Å². The molecule has 76 valence electrons. The van der Waals surface area contributed by atoms with Gasteiger partial charge in [0.15, 0.2) is 0 Å². The summed E-state index contributed by atoms with van der Waals surface area (Å²) >= 11 is 0. The van der Waals surface area contributed by atoms with E-state index in [1.807, 2.05) is 6.08 Å². The largest absolute Gasteiger partial charge is 0.298 e. The van der Waals surface area contributed by atoms with E-state index in [0.717, 1.165) is 50.4 Å². The van der Waals surface area contributed by atoms with Gasteiger partial charge in [0.05, 0.1) is 0 Å². The number of hydrogen-bond acceptors (Lipinski definition) is 1. The summed E-state index contributed by atoms with van der Waals surface area (Å²) in [5, 5.41) is 0. The zero-order chi connectivity index (χ0) is 10.1. The lowest BCUT2D eigenvalue weighted by atomic mass is 10.1. The second kappa shape index (κ2) is 7.31. The highest BCUT2D eigenvalue weighted by atomic mass is 16.1. The first-order chi connectivity index (χ1) is 6.93. The number of carbonyl (C=O) groups excluding carboxylic acids is 1. The van der Waals surface area contributed by atoms with Crippen molar-refractivity contribution >= 4 is 6.29 Å². The molecule has 0 saturated carbocycles. The van der Waals surface area contributed by atoms with Crippen molar-refractivity contribution < 1.29 is 4.79 Å². The molecule has 0 spiro atoms. The normalized spacial score (nSPS) is 27.6. The maximum atomic E-state index is 10.7. The summed E-state index contributed by atoms with van der Waals surface area (Å²) in [6.07, 6.45) is 18.1. The molecule has 0 aromatic carbocycles. The summed E-state index contributed by atoms with van der Waals surface area (Å²) < 4.78 is 0. The van der Waals surface area contributed by atoms with E-state index in [1.165, 1.54) is 0 Å². The fourth-order valence-corrected chi connectivity index (χ4v) is 1.49. The van der Waals surface area contributed by atoms with Gasteiger partial charge in [-0.2, -0.15) is 0 Å². The molecular formula is C13H18O. The SMILES string of the molecule is O=C/C1=C/C/C=C\CC/C=C\CCC1. The van der Waals surface area contributed by atoms with Gasteiger partial charge in [-0.05, 0) is 44.1 Å². The van der Waals surface area contributed by atoms with Crippen LogP contribution in [0.2, 0.25) is 0 Å². The lowest BCUT2D eigenvalue weighted by Gasteiger charge is -1.98. The molecule has 0 radical (unpaired) electrons.